The third-order valence-electron chi connectivity index (χ3n) is 6.34. The Hall–Kier alpha value is -3.49. The number of benzene rings is 3. The van der Waals surface area contributed by atoms with Gasteiger partial charge in [-0.1, -0.05) is 18.2 Å². The number of methoxy groups -OCH3 is 1. The molecule has 4 rings (SSSR count). The molecule has 3 aromatic rings. The average Bonchev–Trinajstić information content (AvgIpc) is 2.87. The number of likely N-dealkylation sites (N-methyl/N-ethyl adjacent to an activating group) is 1. The van der Waals surface area contributed by atoms with Crippen LogP contribution in [0.4, 0.5) is 10.1 Å². The molecule has 1 aliphatic heterocycles. The van der Waals surface area contributed by atoms with Crippen LogP contribution in [0.25, 0.3) is 17.2 Å². The van der Waals surface area contributed by atoms with Crippen molar-refractivity contribution >= 4 is 27.4 Å². The van der Waals surface area contributed by atoms with E-state index in [1.54, 1.807) is 36.4 Å². The first-order valence-corrected chi connectivity index (χ1v) is 13.5. The van der Waals surface area contributed by atoms with E-state index in [-0.39, 0.29) is 10.5 Å². The molecule has 6 nitrogen and oxygen atoms in total. The molecule has 0 N–H and O–H groups in total. The second-order valence-electron chi connectivity index (χ2n) is 8.90. The summed E-state index contributed by atoms with van der Waals surface area (Å²) in [5.74, 6) is -0.731. The van der Waals surface area contributed by atoms with Gasteiger partial charge in [0, 0.05) is 44.2 Å². The molecule has 0 radical (unpaired) electrons. The molecule has 0 aromatic heterocycles. The summed E-state index contributed by atoms with van der Waals surface area (Å²) in [6, 6.07) is 16.9. The number of piperazine rings is 1. The predicted molar refractivity (Wildman–Crippen MR) is 141 cm³/mol. The van der Waals surface area contributed by atoms with Crippen LogP contribution in [0.2, 0.25) is 0 Å². The maximum atomic E-state index is 14.4. The Balaban J connectivity index is 1.69. The smallest absolute Gasteiger partial charge is 0.188 e. The molecule has 1 heterocycles. The molecule has 0 atom stereocenters. The number of nitrogens with zero attached hydrogens (tertiary/aromatic N) is 2. The lowest BCUT2D eigenvalue weighted by atomic mass is 10.00. The first-order chi connectivity index (χ1) is 17.2. The van der Waals surface area contributed by atoms with Gasteiger partial charge in [-0.3, -0.25) is 4.79 Å². The van der Waals surface area contributed by atoms with E-state index < -0.39 is 21.4 Å². The normalized spacial score (nSPS) is 14.8. The number of hydrogen-bond acceptors (Lipinski definition) is 6. The topological polar surface area (TPSA) is 66.9 Å². The minimum absolute atomic E-state index is 0.0271. The maximum Gasteiger partial charge on any atom is 0.188 e. The molecule has 1 aliphatic rings. The van der Waals surface area contributed by atoms with Gasteiger partial charge in [0.2, 0.25) is 0 Å². The minimum Gasteiger partial charge on any atom is -0.497 e. The van der Waals surface area contributed by atoms with E-state index in [1.165, 1.54) is 31.6 Å². The average molecular weight is 509 g/mol. The second kappa shape index (κ2) is 10.6. The molecule has 188 valence electrons. The van der Waals surface area contributed by atoms with Gasteiger partial charge in [-0.15, -0.1) is 0 Å². The van der Waals surface area contributed by atoms with E-state index in [0.29, 0.717) is 5.75 Å². The van der Waals surface area contributed by atoms with Crippen LogP contribution < -0.4 is 9.64 Å². The fraction of sp³-hybridized carbons (Fsp3) is 0.250. The van der Waals surface area contributed by atoms with E-state index in [9.17, 15) is 17.6 Å². The van der Waals surface area contributed by atoms with E-state index in [1.807, 2.05) is 18.2 Å². The summed E-state index contributed by atoms with van der Waals surface area (Å²) in [7, 11) is 0.243. The highest BCUT2D eigenvalue weighted by Crippen LogP contribution is 2.30. The van der Waals surface area contributed by atoms with Crippen molar-refractivity contribution in [2.24, 2.45) is 0 Å². The Labute approximate surface area is 211 Å². The van der Waals surface area contributed by atoms with Crippen molar-refractivity contribution in [2.45, 2.75) is 4.90 Å². The molecule has 0 bridgehead atoms. The summed E-state index contributed by atoms with van der Waals surface area (Å²) in [6.07, 6.45) is 4.28. The lowest BCUT2D eigenvalue weighted by Crippen LogP contribution is -2.44. The molecule has 0 aliphatic carbocycles. The third-order valence-corrected chi connectivity index (χ3v) is 7.47. The van der Waals surface area contributed by atoms with Crippen LogP contribution in [-0.4, -0.2) is 65.7 Å². The second-order valence-corrected chi connectivity index (χ2v) is 10.9. The third kappa shape index (κ3) is 5.83. The van der Waals surface area contributed by atoms with E-state index >= 15 is 0 Å². The highest BCUT2D eigenvalue weighted by molar-refractivity contribution is 7.90. The molecule has 1 fully saturated rings. The van der Waals surface area contributed by atoms with Gasteiger partial charge in [-0.2, -0.15) is 0 Å². The minimum atomic E-state index is -3.29. The molecular weight excluding hydrogens is 479 g/mol. The summed E-state index contributed by atoms with van der Waals surface area (Å²) in [5.41, 5.74) is 3.52. The zero-order valence-corrected chi connectivity index (χ0v) is 21.4. The number of sulfone groups is 1. The summed E-state index contributed by atoms with van der Waals surface area (Å²) >= 11 is 0. The molecule has 1 saturated heterocycles. The number of carbonyl (C=O) groups excluding carboxylic acids is 1. The highest BCUT2D eigenvalue weighted by atomic mass is 32.2. The van der Waals surface area contributed by atoms with Crippen molar-refractivity contribution in [2.75, 3.05) is 51.5 Å². The highest BCUT2D eigenvalue weighted by Gasteiger charge is 2.18. The predicted octanol–water partition coefficient (Wildman–Crippen LogP) is 4.55. The molecule has 8 heteroatoms. The largest absolute Gasteiger partial charge is 0.497 e. The monoisotopic (exact) mass is 508 g/mol. The van der Waals surface area contributed by atoms with Gasteiger partial charge in [0.1, 0.15) is 11.6 Å². The maximum absolute atomic E-state index is 14.4. The molecule has 3 aromatic carbocycles. The van der Waals surface area contributed by atoms with Crippen LogP contribution in [-0.2, 0) is 9.84 Å². The van der Waals surface area contributed by atoms with Gasteiger partial charge in [-0.05, 0) is 72.3 Å². The van der Waals surface area contributed by atoms with Crippen molar-refractivity contribution in [3.8, 4) is 16.9 Å². The number of carbonyl (C=O) groups is 1. The van der Waals surface area contributed by atoms with Crippen LogP contribution in [0.15, 0.2) is 71.6 Å². The fourth-order valence-electron chi connectivity index (χ4n) is 4.18. The molecular formula is C28H29FN2O4S. The van der Waals surface area contributed by atoms with Gasteiger partial charge in [-0.25, -0.2) is 12.8 Å². The molecule has 0 unspecified atom stereocenters. The van der Waals surface area contributed by atoms with Crippen molar-refractivity contribution in [1.82, 2.24) is 4.90 Å². The Morgan fingerprint density at radius 3 is 2.22 bits per heavy atom. The standard InChI is InChI=1S/C28H29FN2O4S/c1-30-14-16-31(17-15-30)27-12-6-21(20-4-9-24(10-5-20)36(3,33)34)18-22(27)7-13-28(32)25-11-8-23(35-2)19-26(25)29/h4-13,18-19H,14-17H2,1-3H3/b13-7+. The number of ether oxygens (including phenoxy) is 1. The number of anilines is 1. The summed E-state index contributed by atoms with van der Waals surface area (Å²) in [5, 5.41) is 0. The fourth-order valence-corrected chi connectivity index (χ4v) is 4.81. The lowest BCUT2D eigenvalue weighted by molar-refractivity contribution is 0.104. The van der Waals surface area contributed by atoms with Crippen LogP contribution in [0.3, 0.4) is 0 Å². The Bertz CT molecular complexity index is 1390. The zero-order chi connectivity index (χ0) is 25.9. The van der Waals surface area contributed by atoms with Gasteiger partial charge >= 0.3 is 0 Å². The molecule has 36 heavy (non-hydrogen) atoms. The van der Waals surface area contributed by atoms with Crippen LogP contribution in [0, 0.1) is 5.82 Å². The van der Waals surface area contributed by atoms with Gasteiger partial charge in [0.05, 0.1) is 17.6 Å². The van der Waals surface area contributed by atoms with Crippen molar-refractivity contribution in [1.29, 1.82) is 0 Å². The van der Waals surface area contributed by atoms with E-state index in [2.05, 4.69) is 16.8 Å². The number of rotatable bonds is 7. The lowest BCUT2D eigenvalue weighted by Gasteiger charge is -2.35. The number of allylic oxidation sites excluding steroid dienone is 1. The Kier molecular flexibility index (Phi) is 7.56. The Morgan fingerprint density at radius 1 is 0.944 bits per heavy atom. The first-order valence-electron chi connectivity index (χ1n) is 11.6. The summed E-state index contributed by atoms with van der Waals surface area (Å²) in [4.78, 5) is 17.6. The first kappa shape index (κ1) is 25.6. The van der Waals surface area contributed by atoms with Crippen molar-refractivity contribution in [3.05, 3.63) is 83.7 Å². The summed E-state index contributed by atoms with van der Waals surface area (Å²) in [6.45, 7) is 3.54. The Morgan fingerprint density at radius 2 is 1.61 bits per heavy atom. The van der Waals surface area contributed by atoms with Crippen LogP contribution >= 0.6 is 0 Å². The van der Waals surface area contributed by atoms with Gasteiger partial charge < -0.3 is 14.5 Å². The number of ketones is 1. The number of halogens is 1. The molecule has 0 saturated carbocycles. The zero-order valence-electron chi connectivity index (χ0n) is 20.6. The van der Waals surface area contributed by atoms with Crippen molar-refractivity contribution < 1.29 is 22.3 Å². The number of hydrogen-bond donors (Lipinski definition) is 0. The van der Waals surface area contributed by atoms with Crippen molar-refractivity contribution in [3.63, 3.8) is 0 Å². The quantitative estimate of drug-likeness (QED) is 0.345. The molecule has 0 spiro atoms. The van der Waals surface area contributed by atoms with Crippen LogP contribution in [0.5, 0.6) is 5.75 Å². The SMILES string of the molecule is COc1ccc(C(=O)/C=C/c2cc(-c3ccc(S(C)(=O)=O)cc3)ccc2N2CCN(C)CC2)c(F)c1. The summed E-state index contributed by atoms with van der Waals surface area (Å²) < 4.78 is 43.1. The van der Waals surface area contributed by atoms with Gasteiger partial charge in [0.25, 0.3) is 0 Å². The van der Waals surface area contributed by atoms with E-state index in [4.69, 9.17) is 4.74 Å². The van der Waals surface area contributed by atoms with Crippen LogP contribution in [0.1, 0.15) is 15.9 Å². The molecule has 0 amide bonds. The van der Waals surface area contributed by atoms with Gasteiger partial charge in [0.15, 0.2) is 15.6 Å². The van der Waals surface area contributed by atoms with E-state index in [0.717, 1.165) is 48.6 Å².